The minimum absolute atomic E-state index is 0.347. The molecule has 0 amide bonds. The maximum atomic E-state index is 6.35. The first kappa shape index (κ1) is 25.4. The SMILES string of the molecule is CCCCCC(CCCC)O[SiH2]C[SiH2]OC(CCCC)CCCCC. The molecule has 0 aliphatic rings. The molecule has 2 unspecified atom stereocenters. The first-order valence-electron chi connectivity index (χ1n) is 11.5. The molecule has 0 N–H and O–H groups in total. The van der Waals surface area contributed by atoms with Gasteiger partial charge in [-0.1, -0.05) is 91.9 Å². The molecule has 0 radical (unpaired) electrons. The highest BCUT2D eigenvalue weighted by Crippen LogP contribution is 2.15. The van der Waals surface area contributed by atoms with Crippen molar-refractivity contribution in [2.45, 2.75) is 135 Å². The Morgan fingerprint density at radius 3 is 1.24 bits per heavy atom. The highest BCUT2D eigenvalue weighted by molar-refractivity contribution is 6.48. The van der Waals surface area contributed by atoms with E-state index in [0.29, 0.717) is 12.2 Å². The average Bonchev–Trinajstić information content (AvgIpc) is 2.62. The number of rotatable bonds is 20. The van der Waals surface area contributed by atoms with E-state index in [9.17, 15) is 0 Å². The molecule has 0 saturated heterocycles. The van der Waals surface area contributed by atoms with E-state index in [1.807, 2.05) is 0 Å². The molecule has 0 fully saturated rings. The Morgan fingerprint density at radius 2 is 0.880 bits per heavy atom. The summed E-state index contributed by atoms with van der Waals surface area (Å²) in [7, 11) is -0.695. The van der Waals surface area contributed by atoms with Crippen LogP contribution in [0.3, 0.4) is 0 Å². The van der Waals surface area contributed by atoms with E-state index in [2.05, 4.69) is 27.7 Å². The van der Waals surface area contributed by atoms with Crippen LogP contribution in [0.2, 0.25) is 5.67 Å². The topological polar surface area (TPSA) is 18.5 Å². The molecule has 0 saturated carbocycles. The molecule has 0 heterocycles. The van der Waals surface area contributed by atoms with E-state index >= 15 is 0 Å². The van der Waals surface area contributed by atoms with Crippen LogP contribution in [0.5, 0.6) is 0 Å². The summed E-state index contributed by atoms with van der Waals surface area (Å²) >= 11 is 0. The number of unbranched alkanes of at least 4 members (excludes halogenated alkanes) is 6. The van der Waals surface area contributed by atoms with Crippen LogP contribution >= 0.6 is 0 Å². The van der Waals surface area contributed by atoms with E-state index in [-0.39, 0.29) is 19.5 Å². The van der Waals surface area contributed by atoms with Crippen molar-refractivity contribution in [3.63, 3.8) is 0 Å². The molecule has 2 atom stereocenters. The van der Waals surface area contributed by atoms with Gasteiger partial charge in [0.05, 0.1) is 0 Å². The van der Waals surface area contributed by atoms with Gasteiger partial charge in [0.2, 0.25) is 0 Å². The standard InChI is InChI=1S/C21H48O2Si2/c1-5-9-13-17-20(15-11-7-3)22-24-19-25-23-21(16-12-8-4)18-14-10-6-2/h20-21H,5-19,24-25H2,1-4H3. The quantitative estimate of drug-likeness (QED) is 0.193. The molecule has 0 aliphatic heterocycles. The minimum Gasteiger partial charge on any atom is -0.421 e. The second-order valence-electron chi connectivity index (χ2n) is 7.62. The van der Waals surface area contributed by atoms with Crippen LogP contribution in [0, 0.1) is 0 Å². The average molecular weight is 389 g/mol. The van der Waals surface area contributed by atoms with Crippen LogP contribution in [-0.4, -0.2) is 31.7 Å². The lowest BCUT2D eigenvalue weighted by Crippen LogP contribution is -2.20. The summed E-state index contributed by atoms with van der Waals surface area (Å²) in [5.74, 6) is 0. The number of hydrogen-bond acceptors (Lipinski definition) is 2. The zero-order valence-electron chi connectivity index (χ0n) is 18.0. The van der Waals surface area contributed by atoms with E-state index in [1.165, 1.54) is 95.6 Å². The van der Waals surface area contributed by atoms with Gasteiger partial charge in [0.15, 0.2) is 19.5 Å². The van der Waals surface area contributed by atoms with Crippen LogP contribution in [0.25, 0.3) is 0 Å². The lowest BCUT2D eigenvalue weighted by atomic mass is 10.1. The summed E-state index contributed by atoms with van der Waals surface area (Å²) in [5.41, 5.74) is 1.33. The molecule has 0 aromatic rings. The van der Waals surface area contributed by atoms with Crippen LogP contribution in [0.4, 0.5) is 0 Å². The molecular weight excluding hydrogens is 340 g/mol. The molecule has 25 heavy (non-hydrogen) atoms. The maximum Gasteiger partial charge on any atom is 0.161 e. The zero-order valence-corrected chi connectivity index (χ0v) is 20.8. The van der Waals surface area contributed by atoms with Gasteiger partial charge in [-0.25, -0.2) is 0 Å². The van der Waals surface area contributed by atoms with Gasteiger partial charge in [-0.05, 0) is 31.4 Å². The summed E-state index contributed by atoms with van der Waals surface area (Å²) in [6.45, 7) is 9.15. The summed E-state index contributed by atoms with van der Waals surface area (Å²) in [6.07, 6.45) is 19.6. The van der Waals surface area contributed by atoms with Crippen molar-refractivity contribution in [2.24, 2.45) is 0 Å². The van der Waals surface area contributed by atoms with Crippen molar-refractivity contribution in [3.05, 3.63) is 0 Å². The van der Waals surface area contributed by atoms with Gasteiger partial charge in [-0.2, -0.15) is 0 Å². The van der Waals surface area contributed by atoms with E-state index in [0.717, 1.165) is 0 Å². The van der Waals surface area contributed by atoms with E-state index < -0.39 is 0 Å². The van der Waals surface area contributed by atoms with Crippen molar-refractivity contribution in [3.8, 4) is 0 Å². The molecule has 0 bridgehead atoms. The molecule has 0 aliphatic carbocycles. The molecule has 0 aromatic carbocycles. The normalized spacial score (nSPS) is 14.9. The second-order valence-corrected chi connectivity index (χ2v) is 11.9. The Balaban J connectivity index is 3.88. The van der Waals surface area contributed by atoms with E-state index in [4.69, 9.17) is 8.85 Å². The Labute approximate surface area is 164 Å². The van der Waals surface area contributed by atoms with Gasteiger partial charge in [-0.3, -0.25) is 0 Å². The third-order valence-electron chi connectivity index (χ3n) is 5.01. The molecule has 0 aromatic heterocycles. The lowest BCUT2D eigenvalue weighted by molar-refractivity contribution is 0.176. The predicted octanol–water partition coefficient (Wildman–Crippen LogP) is 5.84. The van der Waals surface area contributed by atoms with Crippen LogP contribution in [0.1, 0.15) is 118 Å². The summed E-state index contributed by atoms with van der Waals surface area (Å²) in [6, 6.07) is 0. The largest absolute Gasteiger partial charge is 0.421 e. The molecule has 4 heteroatoms. The first-order valence-corrected chi connectivity index (χ1v) is 14.7. The number of hydrogen-bond donors (Lipinski definition) is 0. The van der Waals surface area contributed by atoms with Gasteiger partial charge in [0.1, 0.15) is 0 Å². The van der Waals surface area contributed by atoms with Gasteiger partial charge < -0.3 is 8.85 Å². The molecular formula is C21H48O2Si2. The van der Waals surface area contributed by atoms with Crippen molar-refractivity contribution in [1.29, 1.82) is 0 Å². The third-order valence-corrected chi connectivity index (χ3v) is 8.74. The van der Waals surface area contributed by atoms with Crippen molar-refractivity contribution in [2.75, 3.05) is 0 Å². The second kappa shape index (κ2) is 20.7. The lowest BCUT2D eigenvalue weighted by Gasteiger charge is -2.20. The Kier molecular flexibility index (Phi) is 21.0. The maximum absolute atomic E-state index is 6.35. The smallest absolute Gasteiger partial charge is 0.161 e. The summed E-state index contributed by atoms with van der Waals surface area (Å²) in [5, 5.41) is 0. The fourth-order valence-corrected chi connectivity index (χ4v) is 6.43. The fourth-order valence-electron chi connectivity index (χ4n) is 3.29. The molecule has 152 valence electrons. The summed E-state index contributed by atoms with van der Waals surface area (Å²) < 4.78 is 12.7. The Bertz CT molecular complexity index is 228. The highest BCUT2D eigenvalue weighted by atomic mass is 28.3. The van der Waals surface area contributed by atoms with Crippen molar-refractivity contribution < 1.29 is 8.85 Å². The summed E-state index contributed by atoms with van der Waals surface area (Å²) in [4.78, 5) is 0. The zero-order chi connectivity index (χ0) is 18.6. The molecule has 2 nitrogen and oxygen atoms in total. The van der Waals surface area contributed by atoms with Crippen LogP contribution < -0.4 is 0 Å². The molecule has 0 rings (SSSR count). The van der Waals surface area contributed by atoms with Gasteiger partial charge in [0.25, 0.3) is 0 Å². The predicted molar refractivity (Wildman–Crippen MR) is 119 cm³/mol. The highest BCUT2D eigenvalue weighted by Gasteiger charge is 2.10. The van der Waals surface area contributed by atoms with E-state index in [1.54, 1.807) is 0 Å². The fraction of sp³-hybridized carbons (Fsp3) is 1.00. The van der Waals surface area contributed by atoms with Crippen molar-refractivity contribution in [1.82, 2.24) is 0 Å². The van der Waals surface area contributed by atoms with Crippen LogP contribution in [0.15, 0.2) is 0 Å². The third kappa shape index (κ3) is 17.5. The van der Waals surface area contributed by atoms with Crippen LogP contribution in [-0.2, 0) is 8.85 Å². The Morgan fingerprint density at radius 1 is 0.520 bits per heavy atom. The van der Waals surface area contributed by atoms with Gasteiger partial charge in [0, 0.05) is 12.2 Å². The van der Waals surface area contributed by atoms with Gasteiger partial charge in [-0.15, -0.1) is 0 Å². The first-order chi connectivity index (χ1) is 12.3. The molecule has 0 spiro atoms. The Hall–Kier alpha value is 0.354. The monoisotopic (exact) mass is 388 g/mol. The van der Waals surface area contributed by atoms with Crippen molar-refractivity contribution >= 4 is 19.5 Å². The minimum atomic E-state index is -0.347. The van der Waals surface area contributed by atoms with Gasteiger partial charge >= 0.3 is 0 Å².